The van der Waals surface area contributed by atoms with E-state index in [0.29, 0.717) is 17.7 Å². The highest BCUT2D eigenvalue weighted by atomic mass is 16.5. The van der Waals surface area contributed by atoms with Crippen molar-refractivity contribution in [2.75, 3.05) is 12.4 Å². The van der Waals surface area contributed by atoms with Gasteiger partial charge in [-0.2, -0.15) is 0 Å². The van der Waals surface area contributed by atoms with Crippen LogP contribution in [0.3, 0.4) is 0 Å². The molecule has 6 nitrogen and oxygen atoms in total. The summed E-state index contributed by atoms with van der Waals surface area (Å²) < 4.78 is 4.86. The molecule has 2 rings (SSSR count). The van der Waals surface area contributed by atoms with Gasteiger partial charge in [0.1, 0.15) is 6.04 Å². The molecule has 0 spiro atoms. The standard InChI is InChI=1S/C23H28N2O4/c1-15(26)24-19-12-8-17(9-13-19)21(27)25-20(22(28)29-5)14-16-6-10-18(11-7-16)23(2,3)4/h6-13,20H,14H2,1-5H3,(H,24,26)(H,25,27)/t20-/m1/s1. The lowest BCUT2D eigenvalue weighted by atomic mass is 9.86. The van der Waals surface area contributed by atoms with Crippen molar-refractivity contribution >= 4 is 23.5 Å². The summed E-state index contributed by atoms with van der Waals surface area (Å²) in [5.74, 6) is -1.08. The van der Waals surface area contributed by atoms with Gasteiger partial charge in [-0.05, 0) is 40.8 Å². The maximum Gasteiger partial charge on any atom is 0.328 e. The number of rotatable bonds is 6. The van der Waals surface area contributed by atoms with Crippen LogP contribution in [0.25, 0.3) is 0 Å². The quantitative estimate of drug-likeness (QED) is 0.733. The molecule has 2 N–H and O–H groups in total. The molecule has 29 heavy (non-hydrogen) atoms. The molecule has 0 unspecified atom stereocenters. The summed E-state index contributed by atoms with van der Waals surface area (Å²) in [4.78, 5) is 35.9. The van der Waals surface area contributed by atoms with Gasteiger partial charge in [-0.3, -0.25) is 9.59 Å². The van der Waals surface area contributed by atoms with Gasteiger partial charge in [0.25, 0.3) is 5.91 Å². The molecule has 0 saturated carbocycles. The van der Waals surface area contributed by atoms with Crippen LogP contribution in [-0.4, -0.2) is 30.9 Å². The van der Waals surface area contributed by atoms with Gasteiger partial charge in [0.2, 0.25) is 5.91 Å². The van der Waals surface area contributed by atoms with Crippen LogP contribution in [0.15, 0.2) is 48.5 Å². The molecule has 0 fully saturated rings. The first-order chi connectivity index (χ1) is 13.6. The minimum atomic E-state index is -0.803. The number of hydrogen-bond donors (Lipinski definition) is 2. The van der Waals surface area contributed by atoms with E-state index in [1.54, 1.807) is 24.3 Å². The highest BCUT2D eigenvalue weighted by Gasteiger charge is 2.23. The number of carbonyl (C=O) groups excluding carboxylic acids is 3. The van der Waals surface area contributed by atoms with Crippen LogP contribution in [0, 0.1) is 0 Å². The second-order valence-electron chi connectivity index (χ2n) is 7.96. The van der Waals surface area contributed by atoms with E-state index in [2.05, 4.69) is 31.4 Å². The predicted octanol–water partition coefficient (Wildman–Crippen LogP) is 3.46. The Kier molecular flexibility index (Phi) is 7.15. The van der Waals surface area contributed by atoms with Crippen molar-refractivity contribution in [1.82, 2.24) is 5.32 Å². The normalized spacial score (nSPS) is 12.0. The van der Waals surface area contributed by atoms with Gasteiger partial charge >= 0.3 is 5.97 Å². The number of methoxy groups -OCH3 is 1. The topological polar surface area (TPSA) is 84.5 Å². The molecule has 0 aliphatic heterocycles. The van der Waals surface area contributed by atoms with Crippen molar-refractivity contribution in [3.63, 3.8) is 0 Å². The summed E-state index contributed by atoms with van der Waals surface area (Å²) in [5, 5.41) is 5.38. The van der Waals surface area contributed by atoms with Gasteiger partial charge in [0.15, 0.2) is 0 Å². The van der Waals surface area contributed by atoms with Gasteiger partial charge < -0.3 is 15.4 Å². The fourth-order valence-electron chi connectivity index (χ4n) is 2.86. The Balaban J connectivity index is 2.11. The summed E-state index contributed by atoms with van der Waals surface area (Å²) in [5.41, 5.74) is 3.14. The van der Waals surface area contributed by atoms with Crippen LogP contribution in [0.4, 0.5) is 5.69 Å². The Morgan fingerprint density at radius 1 is 0.966 bits per heavy atom. The zero-order valence-corrected chi connectivity index (χ0v) is 17.5. The van der Waals surface area contributed by atoms with Gasteiger partial charge in [-0.15, -0.1) is 0 Å². The molecular formula is C23H28N2O4. The zero-order chi connectivity index (χ0) is 21.6. The first-order valence-electron chi connectivity index (χ1n) is 9.46. The van der Waals surface area contributed by atoms with Crippen LogP contribution in [0.2, 0.25) is 0 Å². The summed E-state index contributed by atoms with van der Waals surface area (Å²) in [6, 6.07) is 13.6. The number of amides is 2. The first kappa shape index (κ1) is 22.1. The van der Waals surface area contributed by atoms with Crippen LogP contribution in [0.5, 0.6) is 0 Å². The monoisotopic (exact) mass is 396 g/mol. The number of hydrogen-bond acceptors (Lipinski definition) is 4. The average molecular weight is 396 g/mol. The number of esters is 1. The van der Waals surface area contributed by atoms with E-state index in [1.807, 2.05) is 24.3 Å². The van der Waals surface area contributed by atoms with Crippen molar-refractivity contribution in [3.05, 3.63) is 65.2 Å². The van der Waals surface area contributed by atoms with Crippen molar-refractivity contribution in [1.29, 1.82) is 0 Å². The fourth-order valence-corrected chi connectivity index (χ4v) is 2.86. The average Bonchev–Trinajstić information content (AvgIpc) is 2.66. The number of benzene rings is 2. The van der Waals surface area contributed by atoms with E-state index < -0.39 is 12.0 Å². The lowest BCUT2D eigenvalue weighted by Gasteiger charge is -2.20. The Labute approximate surface area is 171 Å². The molecule has 1 atom stereocenters. The highest BCUT2D eigenvalue weighted by Crippen LogP contribution is 2.22. The smallest absolute Gasteiger partial charge is 0.328 e. The van der Waals surface area contributed by atoms with Gasteiger partial charge in [-0.25, -0.2) is 4.79 Å². The lowest BCUT2D eigenvalue weighted by molar-refractivity contribution is -0.142. The molecule has 0 bridgehead atoms. The second-order valence-corrected chi connectivity index (χ2v) is 7.96. The van der Waals surface area contributed by atoms with Crippen LogP contribution >= 0.6 is 0 Å². The lowest BCUT2D eigenvalue weighted by Crippen LogP contribution is -2.43. The Morgan fingerprint density at radius 2 is 1.55 bits per heavy atom. The Hall–Kier alpha value is -3.15. The van der Waals surface area contributed by atoms with Crippen molar-refractivity contribution in [2.24, 2.45) is 0 Å². The first-order valence-corrected chi connectivity index (χ1v) is 9.46. The third-order valence-corrected chi connectivity index (χ3v) is 4.52. The molecule has 0 aromatic heterocycles. The summed E-state index contributed by atoms with van der Waals surface area (Å²) in [6.45, 7) is 7.82. The third-order valence-electron chi connectivity index (χ3n) is 4.52. The summed E-state index contributed by atoms with van der Waals surface area (Å²) in [7, 11) is 1.30. The largest absolute Gasteiger partial charge is 0.467 e. The number of carbonyl (C=O) groups is 3. The molecule has 0 saturated heterocycles. The molecule has 0 aliphatic rings. The molecular weight excluding hydrogens is 368 g/mol. The molecule has 2 aromatic carbocycles. The molecule has 0 aliphatic carbocycles. The van der Waals surface area contributed by atoms with E-state index in [0.717, 1.165) is 5.56 Å². The molecule has 2 amide bonds. The third kappa shape index (κ3) is 6.45. The van der Waals surface area contributed by atoms with Crippen molar-refractivity contribution < 1.29 is 19.1 Å². The minimum Gasteiger partial charge on any atom is -0.467 e. The van der Waals surface area contributed by atoms with Gasteiger partial charge in [0, 0.05) is 24.6 Å². The fraction of sp³-hybridized carbons (Fsp3) is 0.348. The highest BCUT2D eigenvalue weighted by molar-refractivity contribution is 5.97. The van der Waals surface area contributed by atoms with E-state index in [1.165, 1.54) is 19.6 Å². The van der Waals surface area contributed by atoms with Crippen LogP contribution in [-0.2, 0) is 26.2 Å². The number of nitrogens with one attached hydrogen (secondary N) is 2. The maximum atomic E-state index is 12.6. The van der Waals surface area contributed by atoms with E-state index in [4.69, 9.17) is 4.74 Å². The Bertz CT molecular complexity index is 865. The molecule has 6 heteroatoms. The summed E-state index contributed by atoms with van der Waals surface area (Å²) in [6.07, 6.45) is 0.326. The molecule has 0 heterocycles. The van der Waals surface area contributed by atoms with Crippen molar-refractivity contribution in [2.45, 2.75) is 45.6 Å². The number of ether oxygens (including phenoxy) is 1. The van der Waals surface area contributed by atoms with Gasteiger partial charge in [-0.1, -0.05) is 45.0 Å². The minimum absolute atomic E-state index is 0.0396. The second kappa shape index (κ2) is 9.37. The maximum absolute atomic E-state index is 12.6. The zero-order valence-electron chi connectivity index (χ0n) is 17.5. The molecule has 154 valence electrons. The van der Waals surface area contributed by atoms with E-state index in [9.17, 15) is 14.4 Å². The number of anilines is 1. The van der Waals surface area contributed by atoms with Crippen LogP contribution in [0.1, 0.15) is 49.2 Å². The van der Waals surface area contributed by atoms with Crippen molar-refractivity contribution in [3.8, 4) is 0 Å². The SMILES string of the molecule is COC(=O)[C@@H](Cc1ccc(C(C)(C)C)cc1)NC(=O)c1ccc(NC(C)=O)cc1. The molecule has 0 radical (unpaired) electrons. The summed E-state index contributed by atoms with van der Waals surface area (Å²) >= 11 is 0. The Morgan fingerprint density at radius 3 is 2.03 bits per heavy atom. The van der Waals surface area contributed by atoms with Gasteiger partial charge in [0.05, 0.1) is 7.11 Å². The van der Waals surface area contributed by atoms with Crippen LogP contribution < -0.4 is 10.6 Å². The van der Waals surface area contributed by atoms with E-state index in [-0.39, 0.29) is 17.2 Å². The molecule has 2 aromatic rings. The van der Waals surface area contributed by atoms with E-state index >= 15 is 0 Å². The predicted molar refractivity (Wildman–Crippen MR) is 113 cm³/mol.